The van der Waals surface area contributed by atoms with Crippen molar-refractivity contribution < 1.29 is 4.79 Å². The minimum absolute atomic E-state index is 0.257. The van der Waals surface area contributed by atoms with Crippen LogP contribution in [0.15, 0.2) is 10.9 Å². The van der Waals surface area contributed by atoms with E-state index < -0.39 is 0 Å². The summed E-state index contributed by atoms with van der Waals surface area (Å²) >= 11 is 0. The fourth-order valence-corrected chi connectivity index (χ4v) is 1.15. The smallest absolute Gasteiger partial charge is 0.269 e. The molecule has 0 radical (unpaired) electrons. The van der Waals surface area contributed by atoms with Gasteiger partial charge in [-0.3, -0.25) is 19.8 Å². The van der Waals surface area contributed by atoms with E-state index in [0.29, 0.717) is 6.54 Å². The van der Waals surface area contributed by atoms with Gasteiger partial charge in [-0.05, 0) is 27.1 Å². The summed E-state index contributed by atoms with van der Waals surface area (Å²) < 4.78 is 0. The Labute approximate surface area is 87.7 Å². The number of aromatic amines is 2. The second-order valence-corrected chi connectivity index (χ2v) is 3.58. The van der Waals surface area contributed by atoms with Crippen LogP contribution in [0.25, 0.3) is 0 Å². The summed E-state index contributed by atoms with van der Waals surface area (Å²) in [6.45, 7) is 1.52. The number of nitrogens with one attached hydrogen (secondary N) is 3. The zero-order chi connectivity index (χ0) is 11.3. The van der Waals surface area contributed by atoms with Crippen molar-refractivity contribution in [3.8, 4) is 0 Å². The van der Waals surface area contributed by atoms with Gasteiger partial charge in [-0.2, -0.15) is 0 Å². The van der Waals surface area contributed by atoms with Crippen LogP contribution in [0.4, 0.5) is 0 Å². The van der Waals surface area contributed by atoms with Gasteiger partial charge in [-0.1, -0.05) is 0 Å². The quantitative estimate of drug-likeness (QED) is 0.569. The fourth-order valence-electron chi connectivity index (χ4n) is 1.15. The summed E-state index contributed by atoms with van der Waals surface area (Å²) in [4.78, 5) is 24.2. The number of nitrogens with zero attached hydrogens (tertiary/aromatic N) is 1. The molecule has 0 saturated carbocycles. The van der Waals surface area contributed by atoms with Crippen LogP contribution < -0.4 is 10.9 Å². The maximum atomic E-state index is 11.4. The Morgan fingerprint density at radius 2 is 2.20 bits per heavy atom. The van der Waals surface area contributed by atoms with Gasteiger partial charge in [-0.25, -0.2) is 0 Å². The first-order chi connectivity index (χ1) is 7.09. The molecule has 0 bridgehead atoms. The Balaban J connectivity index is 2.28. The largest absolute Gasteiger partial charge is 0.351 e. The molecule has 6 heteroatoms. The van der Waals surface area contributed by atoms with Crippen LogP contribution >= 0.6 is 0 Å². The van der Waals surface area contributed by atoms with Crippen LogP contribution in [0.2, 0.25) is 0 Å². The molecule has 0 aromatic carbocycles. The minimum atomic E-state index is -0.298. The molecule has 15 heavy (non-hydrogen) atoms. The predicted octanol–water partition coefficient (Wildman–Crippen LogP) is -0.615. The van der Waals surface area contributed by atoms with Crippen molar-refractivity contribution in [1.29, 1.82) is 0 Å². The molecule has 0 fully saturated rings. The van der Waals surface area contributed by atoms with E-state index in [4.69, 9.17) is 0 Å². The Morgan fingerprint density at radius 3 is 2.73 bits per heavy atom. The highest BCUT2D eigenvalue weighted by Crippen LogP contribution is 1.88. The monoisotopic (exact) mass is 212 g/mol. The summed E-state index contributed by atoms with van der Waals surface area (Å²) in [7, 11) is 3.96. The van der Waals surface area contributed by atoms with Crippen molar-refractivity contribution >= 4 is 5.91 Å². The van der Waals surface area contributed by atoms with Crippen molar-refractivity contribution in [2.75, 3.05) is 27.2 Å². The standard InChI is InChI=1S/C9H16N4O2/c1-13(2)5-3-4-10-9(15)7-6-8(14)12-11-7/h6H,3-5H2,1-2H3,(H,10,15)(H2,11,12,14). The number of hydrogen-bond acceptors (Lipinski definition) is 3. The molecule has 0 aliphatic rings. The van der Waals surface area contributed by atoms with Crippen molar-refractivity contribution in [1.82, 2.24) is 20.4 Å². The first kappa shape index (κ1) is 11.5. The van der Waals surface area contributed by atoms with Crippen molar-refractivity contribution in [2.24, 2.45) is 0 Å². The lowest BCUT2D eigenvalue weighted by Gasteiger charge is -2.09. The van der Waals surface area contributed by atoms with Crippen LogP contribution in [0.3, 0.4) is 0 Å². The number of hydrogen-bond donors (Lipinski definition) is 3. The third kappa shape index (κ3) is 3.99. The molecular weight excluding hydrogens is 196 g/mol. The van der Waals surface area contributed by atoms with Crippen LogP contribution in [0.5, 0.6) is 0 Å². The lowest BCUT2D eigenvalue weighted by Crippen LogP contribution is -2.27. The lowest BCUT2D eigenvalue weighted by atomic mass is 10.3. The molecule has 1 amide bonds. The molecule has 0 spiro atoms. The summed E-state index contributed by atoms with van der Waals surface area (Å²) in [6.07, 6.45) is 0.882. The number of H-pyrrole nitrogens is 2. The topological polar surface area (TPSA) is 81.0 Å². The third-order valence-corrected chi connectivity index (χ3v) is 1.91. The molecule has 0 saturated heterocycles. The Morgan fingerprint density at radius 1 is 1.47 bits per heavy atom. The van der Waals surface area contributed by atoms with E-state index in [0.717, 1.165) is 13.0 Å². The molecule has 0 atom stereocenters. The fraction of sp³-hybridized carbons (Fsp3) is 0.556. The van der Waals surface area contributed by atoms with Gasteiger partial charge < -0.3 is 10.2 Å². The van der Waals surface area contributed by atoms with E-state index in [-0.39, 0.29) is 17.2 Å². The highest BCUT2D eigenvalue weighted by molar-refractivity contribution is 5.91. The highest BCUT2D eigenvalue weighted by atomic mass is 16.2. The maximum absolute atomic E-state index is 11.4. The summed E-state index contributed by atoms with van der Waals surface area (Å²) in [5.74, 6) is -0.257. The molecule has 84 valence electrons. The molecule has 1 heterocycles. The van der Waals surface area contributed by atoms with Crippen LogP contribution in [-0.4, -0.2) is 48.2 Å². The van der Waals surface area contributed by atoms with Crippen LogP contribution in [-0.2, 0) is 0 Å². The van der Waals surface area contributed by atoms with E-state index in [1.165, 1.54) is 6.07 Å². The molecule has 0 unspecified atom stereocenters. The Bertz CT molecular complexity index is 366. The minimum Gasteiger partial charge on any atom is -0.351 e. The number of rotatable bonds is 5. The second kappa shape index (κ2) is 5.35. The molecule has 0 aliphatic carbocycles. The van der Waals surface area contributed by atoms with Gasteiger partial charge in [0.15, 0.2) is 0 Å². The Hall–Kier alpha value is -1.56. The van der Waals surface area contributed by atoms with Gasteiger partial charge in [0.1, 0.15) is 5.69 Å². The SMILES string of the molecule is CN(C)CCCNC(=O)c1cc(=O)[nH][nH]1. The maximum Gasteiger partial charge on any atom is 0.269 e. The van der Waals surface area contributed by atoms with Crippen LogP contribution in [0, 0.1) is 0 Å². The van der Waals surface area contributed by atoms with Gasteiger partial charge in [0.05, 0.1) is 0 Å². The average molecular weight is 212 g/mol. The van der Waals surface area contributed by atoms with Crippen molar-refractivity contribution in [2.45, 2.75) is 6.42 Å². The zero-order valence-corrected chi connectivity index (χ0v) is 8.96. The first-order valence-corrected chi connectivity index (χ1v) is 4.80. The predicted molar refractivity (Wildman–Crippen MR) is 56.9 cm³/mol. The normalized spacial score (nSPS) is 10.6. The van der Waals surface area contributed by atoms with Crippen molar-refractivity contribution in [3.05, 3.63) is 22.1 Å². The van der Waals surface area contributed by atoms with Gasteiger partial charge in [-0.15, -0.1) is 0 Å². The molecule has 6 nitrogen and oxygen atoms in total. The lowest BCUT2D eigenvalue weighted by molar-refractivity contribution is 0.0947. The van der Waals surface area contributed by atoms with E-state index in [1.807, 2.05) is 19.0 Å². The van der Waals surface area contributed by atoms with Gasteiger partial charge >= 0.3 is 0 Å². The summed E-state index contributed by atoms with van der Waals surface area (Å²) in [5, 5.41) is 7.52. The van der Waals surface area contributed by atoms with Crippen molar-refractivity contribution in [3.63, 3.8) is 0 Å². The van der Waals surface area contributed by atoms with Gasteiger partial charge in [0, 0.05) is 12.6 Å². The van der Waals surface area contributed by atoms with Gasteiger partial charge in [0.25, 0.3) is 11.5 Å². The van der Waals surface area contributed by atoms with E-state index in [1.54, 1.807) is 0 Å². The van der Waals surface area contributed by atoms with Crippen LogP contribution in [0.1, 0.15) is 16.9 Å². The van der Waals surface area contributed by atoms with E-state index in [2.05, 4.69) is 15.5 Å². The first-order valence-electron chi connectivity index (χ1n) is 4.80. The van der Waals surface area contributed by atoms with E-state index >= 15 is 0 Å². The second-order valence-electron chi connectivity index (χ2n) is 3.58. The summed E-state index contributed by atoms with van der Waals surface area (Å²) in [6, 6.07) is 1.24. The molecule has 1 rings (SSSR count). The van der Waals surface area contributed by atoms with Gasteiger partial charge in [0.2, 0.25) is 0 Å². The molecule has 0 aliphatic heterocycles. The Kier molecular flexibility index (Phi) is 4.11. The number of aromatic nitrogens is 2. The molecule has 1 aromatic rings. The average Bonchev–Trinajstić information content (AvgIpc) is 2.59. The van der Waals surface area contributed by atoms with E-state index in [9.17, 15) is 9.59 Å². The molecule has 1 aromatic heterocycles. The zero-order valence-electron chi connectivity index (χ0n) is 8.96. The summed E-state index contributed by atoms with van der Waals surface area (Å²) in [5.41, 5.74) is -0.0294. The number of carbonyl (C=O) groups excluding carboxylic acids is 1. The third-order valence-electron chi connectivity index (χ3n) is 1.91. The molecule has 3 N–H and O–H groups in total. The number of carbonyl (C=O) groups is 1. The highest BCUT2D eigenvalue weighted by Gasteiger charge is 2.06. The molecular formula is C9H16N4O2. The number of amides is 1.